The molecule has 7 heteroatoms. The van der Waals surface area contributed by atoms with Gasteiger partial charge in [0.15, 0.2) is 0 Å². The highest BCUT2D eigenvalue weighted by molar-refractivity contribution is 5.83. The maximum Gasteiger partial charge on any atom is 0.326 e. The molecule has 2 amide bonds. The van der Waals surface area contributed by atoms with E-state index in [2.05, 4.69) is 12.2 Å². The number of hydrogen-bond acceptors (Lipinski definition) is 3. The highest BCUT2D eigenvalue weighted by atomic mass is 16.4. The number of hydrogen-bond donors (Lipinski definition) is 3. The second kappa shape index (κ2) is 7.72. The lowest BCUT2D eigenvalue weighted by Crippen LogP contribution is -2.50. The fourth-order valence-electron chi connectivity index (χ4n) is 2.35. The molecule has 1 aliphatic rings. The van der Waals surface area contributed by atoms with Crippen LogP contribution < -0.4 is 5.32 Å². The highest BCUT2D eigenvalue weighted by Gasteiger charge is 2.27. The van der Waals surface area contributed by atoms with E-state index < -0.39 is 24.0 Å². The van der Waals surface area contributed by atoms with Crippen molar-refractivity contribution >= 4 is 18.0 Å². The topological polar surface area (TPSA) is 107 Å². The van der Waals surface area contributed by atoms with Crippen molar-refractivity contribution in [3.05, 3.63) is 0 Å². The summed E-state index contributed by atoms with van der Waals surface area (Å²) in [6, 6.07) is -1.57. The number of amides is 2. The first kappa shape index (κ1) is 16.3. The van der Waals surface area contributed by atoms with Crippen molar-refractivity contribution in [2.24, 2.45) is 5.92 Å². The van der Waals surface area contributed by atoms with Gasteiger partial charge in [0.2, 0.25) is 0 Å². The molecule has 1 fully saturated rings. The SMILES string of the molecule is CCC1CCCN(C(=O)N[C@@H](CCC(=O)O)C(=O)O)C1. The van der Waals surface area contributed by atoms with Crippen LogP contribution in [0.1, 0.15) is 39.0 Å². The molecule has 0 aliphatic carbocycles. The predicted octanol–water partition coefficient (Wildman–Crippen LogP) is 1.14. The van der Waals surface area contributed by atoms with Gasteiger partial charge in [0.25, 0.3) is 0 Å². The molecule has 20 heavy (non-hydrogen) atoms. The van der Waals surface area contributed by atoms with Crippen molar-refractivity contribution in [1.82, 2.24) is 10.2 Å². The summed E-state index contributed by atoms with van der Waals surface area (Å²) in [6.07, 6.45) is 2.60. The summed E-state index contributed by atoms with van der Waals surface area (Å²) >= 11 is 0. The molecule has 1 aliphatic heterocycles. The van der Waals surface area contributed by atoms with Crippen LogP contribution in [0.4, 0.5) is 4.79 Å². The Bertz CT molecular complexity index is 372. The van der Waals surface area contributed by atoms with Crippen LogP contribution in [-0.2, 0) is 9.59 Å². The summed E-state index contributed by atoms with van der Waals surface area (Å²) in [6.45, 7) is 3.32. The van der Waals surface area contributed by atoms with E-state index in [-0.39, 0.29) is 12.8 Å². The zero-order valence-corrected chi connectivity index (χ0v) is 11.7. The molecule has 0 bridgehead atoms. The van der Waals surface area contributed by atoms with Gasteiger partial charge in [-0.25, -0.2) is 9.59 Å². The zero-order valence-electron chi connectivity index (χ0n) is 11.7. The number of piperidine rings is 1. The number of carboxylic acid groups (broad SMARTS) is 2. The van der Waals surface area contributed by atoms with Crippen molar-refractivity contribution in [3.63, 3.8) is 0 Å². The predicted molar refractivity (Wildman–Crippen MR) is 71.4 cm³/mol. The van der Waals surface area contributed by atoms with Gasteiger partial charge in [-0.15, -0.1) is 0 Å². The van der Waals surface area contributed by atoms with Crippen molar-refractivity contribution < 1.29 is 24.6 Å². The van der Waals surface area contributed by atoms with Gasteiger partial charge in [-0.05, 0) is 25.2 Å². The summed E-state index contributed by atoms with van der Waals surface area (Å²) in [4.78, 5) is 35.1. The molecule has 1 rings (SSSR count). The average Bonchev–Trinajstić information content (AvgIpc) is 2.42. The van der Waals surface area contributed by atoms with Crippen LogP contribution in [0.5, 0.6) is 0 Å². The number of rotatable bonds is 6. The third-order valence-electron chi connectivity index (χ3n) is 3.63. The molecule has 0 spiro atoms. The molecule has 7 nitrogen and oxygen atoms in total. The minimum atomic E-state index is -1.20. The fourth-order valence-corrected chi connectivity index (χ4v) is 2.35. The normalized spacial score (nSPS) is 20.2. The zero-order chi connectivity index (χ0) is 15.1. The third-order valence-corrected chi connectivity index (χ3v) is 3.63. The number of carbonyl (C=O) groups is 3. The minimum Gasteiger partial charge on any atom is -0.481 e. The van der Waals surface area contributed by atoms with E-state index in [0.29, 0.717) is 19.0 Å². The van der Waals surface area contributed by atoms with E-state index in [4.69, 9.17) is 10.2 Å². The Morgan fingerprint density at radius 2 is 2.05 bits per heavy atom. The van der Waals surface area contributed by atoms with Crippen LogP contribution in [0.25, 0.3) is 0 Å². The summed E-state index contributed by atoms with van der Waals surface area (Å²) in [5.74, 6) is -1.82. The number of nitrogens with one attached hydrogen (secondary N) is 1. The Hall–Kier alpha value is -1.79. The quantitative estimate of drug-likeness (QED) is 0.678. The maximum absolute atomic E-state index is 12.0. The molecule has 0 aromatic rings. The molecule has 0 aromatic carbocycles. The second-order valence-corrected chi connectivity index (χ2v) is 5.14. The Balaban J connectivity index is 2.52. The number of aliphatic carboxylic acids is 2. The first-order chi connectivity index (χ1) is 9.43. The molecule has 0 aromatic heterocycles. The third kappa shape index (κ3) is 5.07. The monoisotopic (exact) mass is 286 g/mol. The van der Waals surface area contributed by atoms with E-state index in [1.165, 1.54) is 0 Å². The van der Waals surface area contributed by atoms with E-state index >= 15 is 0 Å². The highest BCUT2D eigenvalue weighted by Crippen LogP contribution is 2.19. The van der Waals surface area contributed by atoms with Crippen molar-refractivity contribution in [2.45, 2.75) is 45.1 Å². The van der Waals surface area contributed by atoms with Gasteiger partial charge in [0.05, 0.1) is 0 Å². The van der Waals surface area contributed by atoms with Crippen LogP contribution in [0.2, 0.25) is 0 Å². The van der Waals surface area contributed by atoms with Crippen molar-refractivity contribution in [1.29, 1.82) is 0 Å². The molecule has 3 N–H and O–H groups in total. The standard InChI is InChI=1S/C13H22N2O5/c1-2-9-4-3-7-15(8-9)13(20)14-10(12(18)19)5-6-11(16)17/h9-10H,2-8H2,1H3,(H,14,20)(H,16,17)(H,18,19)/t9?,10-/m0/s1. The number of carboxylic acids is 2. The summed E-state index contributed by atoms with van der Waals surface area (Å²) in [7, 11) is 0. The van der Waals surface area contributed by atoms with Crippen molar-refractivity contribution in [2.75, 3.05) is 13.1 Å². The maximum atomic E-state index is 12.0. The lowest BCUT2D eigenvalue weighted by Gasteiger charge is -2.33. The first-order valence-corrected chi connectivity index (χ1v) is 6.94. The van der Waals surface area contributed by atoms with Crippen LogP contribution >= 0.6 is 0 Å². The molecule has 0 radical (unpaired) electrons. The van der Waals surface area contributed by atoms with Crippen LogP contribution in [0.3, 0.4) is 0 Å². The molecule has 0 saturated carbocycles. The van der Waals surface area contributed by atoms with Crippen LogP contribution in [-0.4, -0.2) is 52.2 Å². The summed E-state index contributed by atoms with van der Waals surface area (Å²) < 4.78 is 0. The summed E-state index contributed by atoms with van der Waals surface area (Å²) in [5.41, 5.74) is 0. The second-order valence-electron chi connectivity index (χ2n) is 5.14. The number of urea groups is 1. The largest absolute Gasteiger partial charge is 0.481 e. The van der Waals surface area contributed by atoms with Crippen molar-refractivity contribution in [3.8, 4) is 0 Å². The Morgan fingerprint density at radius 3 is 2.60 bits per heavy atom. The van der Waals surface area contributed by atoms with Gasteiger partial charge in [-0.1, -0.05) is 13.3 Å². The van der Waals surface area contributed by atoms with Gasteiger partial charge < -0.3 is 20.4 Å². The van der Waals surface area contributed by atoms with E-state index in [1.807, 2.05) is 0 Å². The van der Waals surface area contributed by atoms with Gasteiger partial charge in [-0.2, -0.15) is 0 Å². The number of nitrogens with zero attached hydrogens (tertiary/aromatic N) is 1. The average molecular weight is 286 g/mol. The van der Waals surface area contributed by atoms with Gasteiger partial charge in [-0.3, -0.25) is 4.79 Å². The molecular weight excluding hydrogens is 264 g/mol. The first-order valence-electron chi connectivity index (χ1n) is 6.94. The van der Waals surface area contributed by atoms with Crippen LogP contribution in [0.15, 0.2) is 0 Å². The molecular formula is C13H22N2O5. The fraction of sp³-hybridized carbons (Fsp3) is 0.769. The Labute approximate surface area is 117 Å². The van der Waals surface area contributed by atoms with Gasteiger partial charge >= 0.3 is 18.0 Å². The smallest absolute Gasteiger partial charge is 0.326 e. The van der Waals surface area contributed by atoms with E-state index in [9.17, 15) is 14.4 Å². The number of likely N-dealkylation sites (tertiary alicyclic amines) is 1. The van der Waals surface area contributed by atoms with Gasteiger partial charge in [0, 0.05) is 19.5 Å². The van der Waals surface area contributed by atoms with Crippen LogP contribution in [0, 0.1) is 5.92 Å². The van der Waals surface area contributed by atoms with Gasteiger partial charge in [0.1, 0.15) is 6.04 Å². The Morgan fingerprint density at radius 1 is 1.35 bits per heavy atom. The molecule has 1 heterocycles. The van der Waals surface area contributed by atoms with E-state index in [0.717, 1.165) is 19.3 Å². The molecule has 1 unspecified atom stereocenters. The lowest BCUT2D eigenvalue weighted by molar-refractivity contribution is -0.140. The molecule has 2 atom stereocenters. The van der Waals surface area contributed by atoms with E-state index in [1.54, 1.807) is 4.90 Å². The Kier molecular flexibility index (Phi) is 6.27. The lowest BCUT2D eigenvalue weighted by atomic mass is 9.96. The minimum absolute atomic E-state index is 0.110. The summed E-state index contributed by atoms with van der Waals surface area (Å²) in [5, 5.41) is 20.0. The molecule has 114 valence electrons. The molecule has 1 saturated heterocycles. The number of carbonyl (C=O) groups excluding carboxylic acids is 1.